The largest absolute Gasteiger partial charge is 0.467 e. The standard InChI is InChI=1S/C23H28O9/c1-25-13-29-18-7-8-19(22(12-18)31-15-27-3)20(24)9-5-17-6-10-21(30-14-26-2)23(11-17)32-16-28-4/h5-12H,13-16H2,1-4H3/b9-5+. The molecule has 0 aliphatic carbocycles. The van der Waals surface area contributed by atoms with Gasteiger partial charge in [-0.3, -0.25) is 4.79 Å². The van der Waals surface area contributed by atoms with Gasteiger partial charge in [-0.25, -0.2) is 0 Å². The highest BCUT2D eigenvalue weighted by Crippen LogP contribution is 2.30. The predicted octanol–water partition coefficient (Wildman–Crippen LogP) is 3.51. The summed E-state index contributed by atoms with van der Waals surface area (Å²) in [5.74, 6) is 1.54. The van der Waals surface area contributed by atoms with Crippen LogP contribution in [0.2, 0.25) is 0 Å². The van der Waals surface area contributed by atoms with Crippen LogP contribution in [0.25, 0.3) is 6.08 Å². The smallest absolute Gasteiger partial charge is 0.189 e. The average molecular weight is 448 g/mol. The quantitative estimate of drug-likeness (QED) is 0.231. The van der Waals surface area contributed by atoms with Crippen molar-refractivity contribution < 1.29 is 42.7 Å². The Hall–Kier alpha value is -3.11. The van der Waals surface area contributed by atoms with Gasteiger partial charge in [0, 0.05) is 34.5 Å². The number of benzene rings is 2. The molecule has 0 radical (unpaired) electrons. The molecule has 0 N–H and O–H groups in total. The maximum atomic E-state index is 12.8. The van der Waals surface area contributed by atoms with Crippen molar-refractivity contribution >= 4 is 11.9 Å². The lowest BCUT2D eigenvalue weighted by atomic mass is 10.1. The average Bonchev–Trinajstić information content (AvgIpc) is 2.82. The van der Waals surface area contributed by atoms with E-state index in [-0.39, 0.29) is 33.0 Å². The Kier molecular flexibility index (Phi) is 11.0. The van der Waals surface area contributed by atoms with Crippen molar-refractivity contribution in [3.8, 4) is 23.0 Å². The van der Waals surface area contributed by atoms with E-state index in [1.54, 1.807) is 42.5 Å². The van der Waals surface area contributed by atoms with Crippen LogP contribution in [-0.2, 0) is 18.9 Å². The highest BCUT2D eigenvalue weighted by Gasteiger charge is 2.13. The molecule has 0 spiro atoms. The molecule has 0 aromatic heterocycles. The summed E-state index contributed by atoms with van der Waals surface area (Å²) in [6.07, 6.45) is 3.10. The maximum Gasteiger partial charge on any atom is 0.189 e. The summed E-state index contributed by atoms with van der Waals surface area (Å²) < 4.78 is 41.7. The Morgan fingerprint density at radius 3 is 1.94 bits per heavy atom. The Labute approximate surface area is 187 Å². The van der Waals surface area contributed by atoms with E-state index in [1.165, 1.54) is 34.5 Å². The van der Waals surface area contributed by atoms with Gasteiger partial charge in [0.25, 0.3) is 0 Å². The lowest BCUT2D eigenvalue weighted by molar-refractivity contribution is 0.0322. The number of hydrogen-bond donors (Lipinski definition) is 0. The van der Waals surface area contributed by atoms with Crippen LogP contribution in [0.15, 0.2) is 42.5 Å². The molecule has 0 bridgehead atoms. The molecular formula is C23H28O9. The van der Waals surface area contributed by atoms with Gasteiger partial charge >= 0.3 is 0 Å². The third-order valence-corrected chi connectivity index (χ3v) is 3.95. The van der Waals surface area contributed by atoms with E-state index in [0.717, 1.165) is 5.56 Å². The number of carbonyl (C=O) groups excluding carboxylic acids is 1. The van der Waals surface area contributed by atoms with Crippen LogP contribution in [0.3, 0.4) is 0 Å². The first-order valence-electron chi connectivity index (χ1n) is 9.60. The Balaban J connectivity index is 2.22. The van der Waals surface area contributed by atoms with Crippen molar-refractivity contribution in [1.29, 1.82) is 0 Å². The lowest BCUT2D eigenvalue weighted by Crippen LogP contribution is -2.06. The van der Waals surface area contributed by atoms with Crippen molar-refractivity contribution in [2.24, 2.45) is 0 Å². The molecule has 0 fully saturated rings. The van der Waals surface area contributed by atoms with Crippen LogP contribution < -0.4 is 18.9 Å². The van der Waals surface area contributed by atoms with Crippen molar-refractivity contribution in [3.63, 3.8) is 0 Å². The summed E-state index contributed by atoms with van der Waals surface area (Å²) >= 11 is 0. The number of hydrogen-bond acceptors (Lipinski definition) is 9. The molecular weight excluding hydrogens is 420 g/mol. The van der Waals surface area contributed by atoms with Gasteiger partial charge in [-0.05, 0) is 35.9 Å². The third-order valence-electron chi connectivity index (χ3n) is 3.95. The number of allylic oxidation sites excluding steroid dienone is 1. The van der Waals surface area contributed by atoms with Crippen molar-refractivity contribution in [1.82, 2.24) is 0 Å². The summed E-state index contributed by atoms with van der Waals surface area (Å²) in [4.78, 5) is 12.8. The van der Waals surface area contributed by atoms with Crippen molar-refractivity contribution in [3.05, 3.63) is 53.6 Å². The molecule has 2 rings (SSSR count). The van der Waals surface area contributed by atoms with E-state index in [2.05, 4.69) is 0 Å². The van der Waals surface area contributed by atoms with Gasteiger partial charge < -0.3 is 37.9 Å². The normalized spacial score (nSPS) is 10.9. The number of carbonyl (C=O) groups is 1. The topological polar surface area (TPSA) is 90.9 Å². The molecule has 0 unspecified atom stereocenters. The molecule has 0 amide bonds. The number of methoxy groups -OCH3 is 4. The first-order valence-corrected chi connectivity index (χ1v) is 9.60. The molecule has 0 heterocycles. The highest BCUT2D eigenvalue weighted by atomic mass is 16.7. The fourth-order valence-corrected chi connectivity index (χ4v) is 2.53. The van der Waals surface area contributed by atoms with Gasteiger partial charge in [-0.15, -0.1) is 0 Å². The van der Waals surface area contributed by atoms with E-state index >= 15 is 0 Å². The number of ketones is 1. The van der Waals surface area contributed by atoms with Gasteiger partial charge in [0.1, 0.15) is 11.5 Å². The fourth-order valence-electron chi connectivity index (χ4n) is 2.53. The van der Waals surface area contributed by atoms with Crippen LogP contribution in [0.5, 0.6) is 23.0 Å². The van der Waals surface area contributed by atoms with Crippen LogP contribution in [-0.4, -0.2) is 61.4 Å². The van der Waals surface area contributed by atoms with Crippen LogP contribution in [0.1, 0.15) is 15.9 Å². The Morgan fingerprint density at radius 1 is 0.688 bits per heavy atom. The zero-order chi connectivity index (χ0) is 23.2. The Bertz CT molecular complexity index is 880. The molecule has 0 saturated carbocycles. The van der Waals surface area contributed by atoms with Crippen LogP contribution in [0, 0.1) is 0 Å². The van der Waals surface area contributed by atoms with Gasteiger partial charge in [0.2, 0.25) is 0 Å². The van der Waals surface area contributed by atoms with Gasteiger partial charge in [0.05, 0.1) is 5.56 Å². The van der Waals surface area contributed by atoms with E-state index in [1.807, 2.05) is 0 Å². The molecule has 0 atom stereocenters. The molecule has 32 heavy (non-hydrogen) atoms. The summed E-state index contributed by atoms with van der Waals surface area (Å²) in [5, 5.41) is 0. The third kappa shape index (κ3) is 7.86. The minimum Gasteiger partial charge on any atom is -0.467 e. The van der Waals surface area contributed by atoms with Crippen LogP contribution >= 0.6 is 0 Å². The molecule has 9 heteroatoms. The molecule has 0 aliphatic heterocycles. The second-order valence-electron chi connectivity index (χ2n) is 6.27. The van der Waals surface area contributed by atoms with Crippen LogP contribution in [0.4, 0.5) is 0 Å². The maximum absolute atomic E-state index is 12.8. The summed E-state index contributed by atoms with van der Waals surface area (Å²) in [5.41, 5.74) is 1.09. The van der Waals surface area contributed by atoms with Gasteiger partial charge in [0.15, 0.2) is 44.5 Å². The first-order chi connectivity index (χ1) is 15.6. The van der Waals surface area contributed by atoms with E-state index in [0.29, 0.717) is 28.6 Å². The summed E-state index contributed by atoms with van der Waals surface area (Å²) in [6, 6.07) is 10.1. The SMILES string of the molecule is COCOc1ccc(C(=O)/C=C/c2ccc(OCOC)c(OCOC)c2)c(OCOC)c1. The fraction of sp³-hybridized carbons (Fsp3) is 0.348. The number of rotatable bonds is 15. The minimum absolute atomic E-state index is 0.0130. The van der Waals surface area contributed by atoms with E-state index in [9.17, 15) is 4.79 Å². The molecule has 2 aromatic rings. The molecule has 9 nitrogen and oxygen atoms in total. The summed E-state index contributed by atoms with van der Waals surface area (Å²) in [6.45, 7) is 0.188. The number of ether oxygens (including phenoxy) is 8. The van der Waals surface area contributed by atoms with Gasteiger partial charge in [-0.1, -0.05) is 12.1 Å². The molecule has 0 aliphatic rings. The van der Waals surface area contributed by atoms with E-state index < -0.39 is 0 Å². The highest BCUT2D eigenvalue weighted by molar-refractivity contribution is 6.08. The van der Waals surface area contributed by atoms with E-state index in [4.69, 9.17) is 37.9 Å². The molecule has 0 saturated heterocycles. The minimum atomic E-state index is -0.256. The lowest BCUT2D eigenvalue weighted by Gasteiger charge is -2.12. The second kappa shape index (κ2) is 14.0. The zero-order valence-electron chi connectivity index (χ0n) is 18.6. The van der Waals surface area contributed by atoms with Crippen molar-refractivity contribution in [2.45, 2.75) is 0 Å². The summed E-state index contributed by atoms with van der Waals surface area (Å²) in [7, 11) is 6.06. The van der Waals surface area contributed by atoms with Crippen molar-refractivity contribution in [2.75, 3.05) is 55.6 Å². The monoisotopic (exact) mass is 448 g/mol. The predicted molar refractivity (Wildman–Crippen MR) is 116 cm³/mol. The van der Waals surface area contributed by atoms with Gasteiger partial charge in [-0.2, -0.15) is 0 Å². The first kappa shape index (κ1) is 25.2. The molecule has 174 valence electrons. The Morgan fingerprint density at radius 2 is 1.28 bits per heavy atom. The zero-order valence-corrected chi connectivity index (χ0v) is 18.6. The molecule has 2 aromatic carbocycles. The second-order valence-corrected chi connectivity index (χ2v) is 6.27.